The molecule has 2 aromatic heterocycles. The van der Waals surface area contributed by atoms with Gasteiger partial charge in [0.15, 0.2) is 0 Å². The zero-order chi connectivity index (χ0) is 22.5. The van der Waals surface area contributed by atoms with E-state index in [1.165, 1.54) is 11.3 Å². The van der Waals surface area contributed by atoms with Crippen LogP contribution in [0.2, 0.25) is 0 Å². The fourth-order valence-corrected chi connectivity index (χ4v) is 4.18. The third-order valence-corrected chi connectivity index (χ3v) is 6.10. The number of thiophene rings is 1. The molecule has 0 aliphatic heterocycles. The molecule has 4 aromatic rings. The Morgan fingerprint density at radius 3 is 2.72 bits per heavy atom. The summed E-state index contributed by atoms with van der Waals surface area (Å²) in [5.41, 5.74) is 4.53. The van der Waals surface area contributed by atoms with E-state index in [1.807, 2.05) is 67.8 Å². The van der Waals surface area contributed by atoms with Gasteiger partial charge in [0.25, 0.3) is 11.8 Å². The van der Waals surface area contributed by atoms with E-state index in [9.17, 15) is 9.59 Å². The van der Waals surface area contributed by atoms with Crippen LogP contribution >= 0.6 is 11.3 Å². The predicted molar refractivity (Wildman–Crippen MR) is 131 cm³/mol. The molecular weight excluding hydrogens is 420 g/mol. The lowest BCUT2D eigenvalue weighted by molar-refractivity contribution is 0.0952. The Hall–Kier alpha value is -3.71. The van der Waals surface area contributed by atoms with Crippen LogP contribution in [0.3, 0.4) is 0 Å². The minimum atomic E-state index is -0.191. The van der Waals surface area contributed by atoms with Gasteiger partial charge in [-0.15, -0.1) is 11.3 Å². The SMILES string of the molecule is CCCNC(=O)c1ccc(C=Cc2n[nH]c3ccccc23)c(NC(=O)c2sccc2C)c1. The monoisotopic (exact) mass is 444 g/mol. The van der Waals surface area contributed by atoms with Crippen molar-refractivity contribution >= 4 is 51.9 Å². The van der Waals surface area contributed by atoms with Gasteiger partial charge in [-0.25, -0.2) is 0 Å². The topological polar surface area (TPSA) is 86.9 Å². The van der Waals surface area contributed by atoms with E-state index in [0.29, 0.717) is 22.7 Å². The van der Waals surface area contributed by atoms with Crippen LogP contribution in [0.25, 0.3) is 23.1 Å². The molecule has 0 aliphatic carbocycles. The van der Waals surface area contributed by atoms with Gasteiger partial charge in [0.2, 0.25) is 0 Å². The fraction of sp³-hybridized carbons (Fsp3) is 0.160. The molecule has 0 atom stereocenters. The Bertz CT molecular complexity index is 1300. The van der Waals surface area contributed by atoms with Gasteiger partial charge in [-0.3, -0.25) is 14.7 Å². The quantitative estimate of drug-likeness (QED) is 0.352. The van der Waals surface area contributed by atoms with Crippen LogP contribution in [0, 0.1) is 6.92 Å². The number of fused-ring (bicyclic) bond motifs is 1. The highest BCUT2D eigenvalue weighted by atomic mass is 32.1. The number of rotatable bonds is 7. The molecule has 2 aromatic carbocycles. The van der Waals surface area contributed by atoms with Gasteiger partial charge in [0.1, 0.15) is 0 Å². The number of aryl methyl sites for hydroxylation is 1. The van der Waals surface area contributed by atoms with Gasteiger partial charge in [-0.05, 0) is 60.2 Å². The summed E-state index contributed by atoms with van der Waals surface area (Å²) in [6, 6.07) is 15.1. The average Bonchev–Trinajstić information content (AvgIpc) is 3.42. The van der Waals surface area contributed by atoms with Crippen molar-refractivity contribution in [2.45, 2.75) is 20.3 Å². The first-order valence-electron chi connectivity index (χ1n) is 10.5. The molecule has 0 spiro atoms. The van der Waals surface area contributed by atoms with Crippen molar-refractivity contribution in [3.8, 4) is 0 Å². The van der Waals surface area contributed by atoms with E-state index in [0.717, 1.165) is 34.1 Å². The van der Waals surface area contributed by atoms with Crippen LogP contribution in [0.4, 0.5) is 5.69 Å². The van der Waals surface area contributed by atoms with Crippen molar-refractivity contribution in [1.82, 2.24) is 15.5 Å². The number of carbonyl (C=O) groups is 2. The molecule has 3 N–H and O–H groups in total. The van der Waals surface area contributed by atoms with E-state index >= 15 is 0 Å². The first-order valence-corrected chi connectivity index (χ1v) is 11.3. The summed E-state index contributed by atoms with van der Waals surface area (Å²) >= 11 is 1.39. The standard InChI is InChI=1S/C25H24N4O2S/c1-3-13-26-24(30)18-9-8-17(10-11-21-19-6-4-5-7-20(19)28-29-21)22(15-18)27-25(31)23-16(2)12-14-32-23/h4-12,14-15H,3,13H2,1-2H3,(H,26,30)(H,27,31)(H,28,29). The second-order valence-corrected chi connectivity index (χ2v) is 8.35. The van der Waals surface area contributed by atoms with Gasteiger partial charge >= 0.3 is 0 Å². The number of carbonyl (C=O) groups excluding carboxylic acids is 2. The van der Waals surface area contributed by atoms with Gasteiger partial charge in [0, 0.05) is 23.2 Å². The summed E-state index contributed by atoms with van der Waals surface area (Å²) in [6.07, 6.45) is 4.65. The van der Waals surface area contributed by atoms with Crippen molar-refractivity contribution in [3.05, 3.63) is 81.2 Å². The largest absolute Gasteiger partial charge is 0.352 e. The number of benzene rings is 2. The maximum absolute atomic E-state index is 12.9. The van der Waals surface area contributed by atoms with Crippen LogP contribution in [0.5, 0.6) is 0 Å². The molecule has 0 saturated carbocycles. The zero-order valence-corrected chi connectivity index (χ0v) is 18.8. The lowest BCUT2D eigenvalue weighted by Crippen LogP contribution is -2.24. The Balaban J connectivity index is 1.67. The Morgan fingerprint density at radius 2 is 1.94 bits per heavy atom. The third kappa shape index (κ3) is 4.63. The third-order valence-electron chi connectivity index (χ3n) is 5.09. The number of hydrogen-bond donors (Lipinski definition) is 3. The average molecular weight is 445 g/mol. The second-order valence-electron chi connectivity index (χ2n) is 7.43. The molecule has 2 heterocycles. The molecule has 7 heteroatoms. The van der Waals surface area contributed by atoms with Crippen LogP contribution in [0.15, 0.2) is 53.9 Å². The normalized spacial score (nSPS) is 11.2. The van der Waals surface area contributed by atoms with E-state index in [-0.39, 0.29) is 11.8 Å². The fourth-order valence-electron chi connectivity index (χ4n) is 3.36. The minimum Gasteiger partial charge on any atom is -0.352 e. The van der Waals surface area contributed by atoms with E-state index in [4.69, 9.17) is 0 Å². The van der Waals surface area contributed by atoms with Gasteiger partial charge in [0.05, 0.1) is 16.1 Å². The molecule has 32 heavy (non-hydrogen) atoms. The highest BCUT2D eigenvalue weighted by molar-refractivity contribution is 7.12. The molecule has 0 radical (unpaired) electrons. The van der Waals surface area contributed by atoms with Gasteiger partial charge < -0.3 is 10.6 Å². The van der Waals surface area contributed by atoms with E-state index in [2.05, 4.69) is 20.8 Å². The number of aromatic amines is 1. The summed E-state index contributed by atoms with van der Waals surface area (Å²) in [7, 11) is 0. The van der Waals surface area contributed by atoms with Crippen molar-refractivity contribution in [3.63, 3.8) is 0 Å². The van der Waals surface area contributed by atoms with Gasteiger partial charge in [-0.2, -0.15) is 5.10 Å². The number of anilines is 1. The van der Waals surface area contributed by atoms with Crippen molar-refractivity contribution in [2.24, 2.45) is 0 Å². The smallest absolute Gasteiger partial charge is 0.266 e. The molecule has 4 rings (SSSR count). The summed E-state index contributed by atoms with van der Waals surface area (Å²) in [5.74, 6) is -0.355. The summed E-state index contributed by atoms with van der Waals surface area (Å²) in [5, 5.41) is 16.2. The second kappa shape index (κ2) is 9.62. The highest BCUT2D eigenvalue weighted by Crippen LogP contribution is 2.25. The number of aromatic nitrogens is 2. The van der Waals surface area contributed by atoms with Gasteiger partial charge in [-0.1, -0.05) is 37.3 Å². The lowest BCUT2D eigenvalue weighted by atomic mass is 10.1. The number of para-hydroxylation sites is 1. The Labute approximate surface area is 190 Å². The molecule has 0 aliphatic rings. The molecule has 2 amide bonds. The first kappa shape index (κ1) is 21.5. The lowest BCUT2D eigenvalue weighted by Gasteiger charge is -2.11. The molecule has 6 nitrogen and oxygen atoms in total. The number of nitrogens with zero attached hydrogens (tertiary/aromatic N) is 1. The van der Waals surface area contributed by atoms with E-state index < -0.39 is 0 Å². The molecule has 0 bridgehead atoms. The molecule has 0 unspecified atom stereocenters. The van der Waals surface area contributed by atoms with Crippen molar-refractivity contribution in [1.29, 1.82) is 0 Å². The number of H-pyrrole nitrogens is 1. The summed E-state index contributed by atoms with van der Waals surface area (Å²) < 4.78 is 0. The number of hydrogen-bond acceptors (Lipinski definition) is 4. The first-order chi connectivity index (χ1) is 15.6. The summed E-state index contributed by atoms with van der Waals surface area (Å²) in [6.45, 7) is 4.51. The number of nitrogens with one attached hydrogen (secondary N) is 3. The maximum Gasteiger partial charge on any atom is 0.266 e. The van der Waals surface area contributed by atoms with Crippen molar-refractivity contribution in [2.75, 3.05) is 11.9 Å². The summed E-state index contributed by atoms with van der Waals surface area (Å²) in [4.78, 5) is 26.0. The number of amides is 2. The molecular formula is C25H24N4O2S. The Kier molecular flexibility index (Phi) is 6.47. The van der Waals surface area contributed by atoms with Crippen LogP contribution in [-0.2, 0) is 0 Å². The highest BCUT2D eigenvalue weighted by Gasteiger charge is 2.14. The van der Waals surface area contributed by atoms with Crippen LogP contribution in [0.1, 0.15) is 50.2 Å². The van der Waals surface area contributed by atoms with Crippen LogP contribution < -0.4 is 10.6 Å². The molecule has 0 fully saturated rings. The molecule has 162 valence electrons. The predicted octanol–water partition coefficient (Wildman–Crippen LogP) is 5.50. The van der Waals surface area contributed by atoms with E-state index in [1.54, 1.807) is 12.1 Å². The zero-order valence-electron chi connectivity index (χ0n) is 17.9. The minimum absolute atomic E-state index is 0.163. The maximum atomic E-state index is 12.9. The Morgan fingerprint density at radius 1 is 1.09 bits per heavy atom. The van der Waals surface area contributed by atoms with Crippen LogP contribution in [-0.4, -0.2) is 28.6 Å². The van der Waals surface area contributed by atoms with Crippen molar-refractivity contribution < 1.29 is 9.59 Å². The molecule has 0 saturated heterocycles.